The molecule has 1 heterocycles. The third-order valence-corrected chi connectivity index (χ3v) is 3.25. The van der Waals surface area contributed by atoms with E-state index in [9.17, 15) is 4.79 Å². The van der Waals surface area contributed by atoms with Crippen LogP contribution >= 0.6 is 0 Å². The molecule has 0 aromatic heterocycles. The second-order valence-electron chi connectivity index (χ2n) is 5.08. The van der Waals surface area contributed by atoms with Crippen LogP contribution in [0.2, 0.25) is 0 Å². The molecule has 1 atom stereocenters. The van der Waals surface area contributed by atoms with E-state index in [1.165, 1.54) is 0 Å². The van der Waals surface area contributed by atoms with Crippen LogP contribution in [0.15, 0.2) is 24.3 Å². The number of hydrogen-bond acceptors (Lipinski definition) is 4. The highest BCUT2D eigenvalue weighted by Crippen LogP contribution is 2.30. The Hall–Kier alpha value is -1.75. The monoisotopic (exact) mass is 264 g/mol. The van der Waals surface area contributed by atoms with Crippen LogP contribution in [0.5, 0.6) is 11.5 Å². The minimum atomic E-state index is -0.590. The highest BCUT2D eigenvalue weighted by atomic mass is 16.6. The third-order valence-electron chi connectivity index (χ3n) is 3.25. The number of nitrogens with one attached hydrogen (secondary N) is 2. The number of amides is 1. The Balaban J connectivity index is 1.88. The zero-order chi connectivity index (χ0) is 13.9. The molecular formula is C14H20N2O3. The molecule has 19 heavy (non-hydrogen) atoms. The number of rotatable bonds is 4. The summed E-state index contributed by atoms with van der Waals surface area (Å²) in [4.78, 5) is 11.9. The van der Waals surface area contributed by atoms with Gasteiger partial charge in [0.05, 0.1) is 12.1 Å². The van der Waals surface area contributed by atoms with Crippen molar-refractivity contribution >= 4 is 5.91 Å². The first-order valence-corrected chi connectivity index (χ1v) is 6.38. The second-order valence-corrected chi connectivity index (χ2v) is 5.08. The summed E-state index contributed by atoms with van der Waals surface area (Å²) in [5.74, 6) is 1.42. The summed E-state index contributed by atoms with van der Waals surface area (Å²) in [5, 5.41) is 5.83. The van der Waals surface area contributed by atoms with Gasteiger partial charge in [-0.1, -0.05) is 12.1 Å². The first-order valence-electron chi connectivity index (χ1n) is 6.38. The van der Waals surface area contributed by atoms with Crippen molar-refractivity contribution in [3.63, 3.8) is 0 Å². The molecule has 0 radical (unpaired) electrons. The van der Waals surface area contributed by atoms with Gasteiger partial charge in [-0.3, -0.25) is 4.79 Å². The van der Waals surface area contributed by atoms with Crippen LogP contribution in [0.3, 0.4) is 0 Å². The molecule has 0 bridgehead atoms. The summed E-state index contributed by atoms with van der Waals surface area (Å²) >= 11 is 0. The number of carbonyl (C=O) groups is 1. The van der Waals surface area contributed by atoms with E-state index in [4.69, 9.17) is 9.47 Å². The SMILES string of the molecule is CNC(C)(C)C(=O)NCC1COc2ccccc2O1. The number of para-hydroxylation sites is 2. The van der Waals surface area contributed by atoms with E-state index in [1.54, 1.807) is 7.05 Å². The Morgan fingerprint density at radius 1 is 1.37 bits per heavy atom. The normalized spacial score (nSPS) is 17.9. The van der Waals surface area contributed by atoms with Gasteiger partial charge in [-0.15, -0.1) is 0 Å². The summed E-state index contributed by atoms with van der Waals surface area (Å²) in [6.07, 6.45) is -0.161. The Labute approximate surface area is 113 Å². The van der Waals surface area contributed by atoms with Gasteiger partial charge in [0.25, 0.3) is 0 Å². The molecular weight excluding hydrogens is 244 g/mol. The van der Waals surface area contributed by atoms with Gasteiger partial charge in [0.1, 0.15) is 12.7 Å². The molecule has 1 aliphatic rings. The zero-order valence-electron chi connectivity index (χ0n) is 11.5. The molecule has 1 aliphatic heterocycles. The first kappa shape index (κ1) is 13.7. The molecule has 104 valence electrons. The summed E-state index contributed by atoms with van der Waals surface area (Å²) < 4.78 is 11.4. The standard InChI is InChI=1S/C14H20N2O3/c1-14(2,15-3)13(17)16-8-10-9-18-11-6-4-5-7-12(11)19-10/h4-7,10,15H,8-9H2,1-3H3,(H,16,17). The molecule has 0 saturated heterocycles. The molecule has 5 heteroatoms. The van der Waals surface area contributed by atoms with E-state index >= 15 is 0 Å². The van der Waals surface area contributed by atoms with Crippen molar-refractivity contribution in [2.24, 2.45) is 0 Å². The van der Waals surface area contributed by atoms with Gasteiger partial charge in [0.2, 0.25) is 5.91 Å². The largest absolute Gasteiger partial charge is 0.486 e. The third kappa shape index (κ3) is 3.17. The number of fused-ring (bicyclic) bond motifs is 1. The van der Waals surface area contributed by atoms with Crippen molar-refractivity contribution in [1.82, 2.24) is 10.6 Å². The summed E-state index contributed by atoms with van der Waals surface area (Å²) in [6.45, 7) is 4.53. The lowest BCUT2D eigenvalue weighted by molar-refractivity contribution is -0.126. The van der Waals surface area contributed by atoms with Crippen molar-refractivity contribution in [1.29, 1.82) is 0 Å². The molecule has 2 rings (SSSR count). The number of carbonyl (C=O) groups excluding carboxylic acids is 1. The van der Waals surface area contributed by atoms with E-state index in [0.29, 0.717) is 13.2 Å². The second kappa shape index (κ2) is 5.48. The van der Waals surface area contributed by atoms with Crippen molar-refractivity contribution < 1.29 is 14.3 Å². The first-order chi connectivity index (χ1) is 9.03. The molecule has 2 N–H and O–H groups in total. The molecule has 0 fully saturated rings. The van der Waals surface area contributed by atoms with Crippen molar-refractivity contribution in [3.05, 3.63) is 24.3 Å². The molecule has 1 unspecified atom stereocenters. The number of ether oxygens (including phenoxy) is 2. The Bertz CT molecular complexity index is 460. The van der Waals surface area contributed by atoms with Crippen LogP contribution in [0, 0.1) is 0 Å². The van der Waals surface area contributed by atoms with Gasteiger partial charge in [-0.25, -0.2) is 0 Å². The minimum Gasteiger partial charge on any atom is -0.486 e. The van der Waals surface area contributed by atoms with Crippen LogP contribution < -0.4 is 20.1 Å². The topological polar surface area (TPSA) is 59.6 Å². The predicted octanol–water partition coefficient (Wildman–Crippen LogP) is 0.941. The van der Waals surface area contributed by atoms with Crippen LogP contribution in [0.1, 0.15) is 13.8 Å². The highest BCUT2D eigenvalue weighted by molar-refractivity contribution is 5.85. The van der Waals surface area contributed by atoms with Crippen molar-refractivity contribution in [2.45, 2.75) is 25.5 Å². The van der Waals surface area contributed by atoms with Gasteiger partial charge < -0.3 is 20.1 Å². The van der Waals surface area contributed by atoms with E-state index in [1.807, 2.05) is 38.1 Å². The lowest BCUT2D eigenvalue weighted by Gasteiger charge is -2.28. The van der Waals surface area contributed by atoms with Crippen LogP contribution in [0.25, 0.3) is 0 Å². The maximum atomic E-state index is 11.9. The highest BCUT2D eigenvalue weighted by Gasteiger charge is 2.27. The molecule has 0 spiro atoms. The van der Waals surface area contributed by atoms with Gasteiger partial charge in [-0.2, -0.15) is 0 Å². The molecule has 1 amide bonds. The van der Waals surface area contributed by atoms with Crippen LogP contribution in [-0.2, 0) is 4.79 Å². The molecule has 5 nitrogen and oxygen atoms in total. The fourth-order valence-corrected chi connectivity index (χ4v) is 1.70. The maximum absolute atomic E-state index is 11.9. The molecule has 0 aliphatic carbocycles. The number of likely N-dealkylation sites (N-methyl/N-ethyl adjacent to an activating group) is 1. The Morgan fingerprint density at radius 3 is 2.74 bits per heavy atom. The minimum absolute atomic E-state index is 0.0579. The van der Waals surface area contributed by atoms with Gasteiger partial charge in [0.15, 0.2) is 11.5 Å². The molecule has 0 saturated carbocycles. The molecule has 1 aromatic carbocycles. The van der Waals surface area contributed by atoms with Gasteiger partial charge in [0, 0.05) is 0 Å². The van der Waals surface area contributed by atoms with E-state index in [2.05, 4.69) is 10.6 Å². The maximum Gasteiger partial charge on any atom is 0.239 e. The smallest absolute Gasteiger partial charge is 0.239 e. The average Bonchev–Trinajstić information content (AvgIpc) is 2.44. The fraction of sp³-hybridized carbons (Fsp3) is 0.500. The number of benzene rings is 1. The Kier molecular flexibility index (Phi) is 3.95. The lowest BCUT2D eigenvalue weighted by atomic mass is 10.1. The fourth-order valence-electron chi connectivity index (χ4n) is 1.70. The van der Waals surface area contributed by atoms with Gasteiger partial charge >= 0.3 is 0 Å². The van der Waals surface area contributed by atoms with Gasteiger partial charge in [-0.05, 0) is 33.0 Å². The van der Waals surface area contributed by atoms with Crippen LogP contribution in [0.4, 0.5) is 0 Å². The summed E-state index contributed by atoms with van der Waals surface area (Å²) in [7, 11) is 1.76. The lowest BCUT2D eigenvalue weighted by Crippen LogP contribution is -2.53. The van der Waals surface area contributed by atoms with Crippen molar-refractivity contribution in [3.8, 4) is 11.5 Å². The quantitative estimate of drug-likeness (QED) is 0.849. The summed E-state index contributed by atoms with van der Waals surface area (Å²) in [6, 6.07) is 7.53. The summed E-state index contributed by atoms with van der Waals surface area (Å²) in [5.41, 5.74) is -0.590. The average molecular weight is 264 g/mol. The van der Waals surface area contributed by atoms with E-state index in [-0.39, 0.29) is 12.0 Å². The zero-order valence-corrected chi connectivity index (χ0v) is 11.5. The predicted molar refractivity (Wildman–Crippen MR) is 72.5 cm³/mol. The number of hydrogen-bond donors (Lipinski definition) is 2. The van der Waals surface area contributed by atoms with Crippen molar-refractivity contribution in [2.75, 3.05) is 20.2 Å². The van der Waals surface area contributed by atoms with Crippen LogP contribution in [-0.4, -0.2) is 37.7 Å². The van der Waals surface area contributed by atoms with E-state index in [0.717, 1.165) is 11.5 Å². The molecule has 1 aromatic rings. The Morgan fingerprint density at radius 2 is 2.05 bits per heavy atom. The van der Waals surface area contributed by atoms with E-state index < -0.39 is 5.54 Å².